The molecule has 1 heterocycles. The fraction of sp³-hybridized carbons (Fsp3) is 0.600. The van der Waals surface area contributed by atoms with E-state index in [4.69, 9.17) is 5.73 Å². The second kappa shape index (κ2) is 8.87. The summed E-state index contributed by atoms with van der Waals surface area (Å²) in [6.07, 6.45) is 3.62. The molecule has 3 atom stereocenters. The van der Waals surface area contributed by atoms with Gasteiger partial charge in [-0.25, -0.2) is 0 Å². The highest BCUT2D eigenvalue weighted by atomic mass is 35.5. The molecule has 3 unspecified atom stereocenters. The van der Waals surface area contributed by atoms with Crippen molar-refractivity contribution in [2.24, 2.45) is 17.6 Å². The normalized spacial score (nSPS) is 21.9. The van der Waals surface area contributed by atoms with E-state index >= 15 is 0 Å². The number of benzene rings is 1. The number of nitrogens with zero attached hydrogens (tertiary/aromatic N) is 1. The lowest BCUT2D eigenvalue weighted by atomic mass is 9.96. The second-order valence-corrected chi connectivity index (χ2v) is 7.52. The Morgan fingerprint density at radius 2 is 2.04 bits per heavy atom. The second-order valence-electron chi connectivity index (χ2n) is 7.52. The maximum atomic E-state index is 12.5. The zero-order valence-electron chi connectivity index (χ0n) is 15.6. The summed E-state index contributed by atoms with van der Waals surface area (Å²) in [5, 5.41) is 2.94. The maximum Gasteiger partial charge on any atom is 0.227 e. The van der Waals surface area contributed by atoms with E-state index in [-0.39, 0.29) is 42.6 Å². The van der Waals surface area contributed by atoms with Gasteiger partial charge in [0.25, 0.3) is 0 Å². The van der Waals surface area contributed by atoms with E-state index in [1.807, 2.05) is 18.2 Å². The van der Waals surface area contributed by atoms with Gasteiger partial charge < -0.3 is 16.0 Å². The van der Waals surface area contributed by atoms with E-state index in [1.54, 1.807) is 4.90 Å². The number of nitrogens with two attached hydrogens (primary N) is 1. The van der Waals surface area contributed by atoms with Crippen molar-refractivity contribution in [2.45, 2.75) is 51.5 Å². The Kier molecular flexibility index (Phi) is 7.07. The number of anilines is 1. The average molecular weight is 380 g/mol. The number of hydrogen-bond donors (Lipinski definition) is 2. The van der Waals surface area contributed by atoms with Crippen molar-refractivity contribution in [2.75, 3.05) is 18.0 Å². The molecule has 2 amide bonds. The minimum absolute atomic E-state index is 0. The minimum atomic E-state index is -0.288. The fourth-order valence-electron chi connectivity index (χ4n) is 3.54. The topological polar surface area (TPSA) is 75.4 Å². The van der Waals surface area contributed by atoms with Gasteiger partial charge in [-0.1, -0.05) is 32.0 Å². The van der Waals surface area contributed by atoms with Crippen molar-refractivity contribution in [3.63, 3.8) is 0 Å². The van der Waals surface area contributed by atoms with Crippen molar-refractivity contribution in [3.8, 4) is 0 Å². The van der Waals surface area contributed by atoms with Crippen LogP contribution in [0, 0.1) is 11.8 Å². The molecule has 1 saturated heterocycles. The van der Waals surface area contributed by atoms with Gasteiger partial charge in [-0.2, -0.15) is 0 Å². The molecule has 0 radical (unpaired) electrons. The summed E-state index contributed by atoms with van der Waals surface area (Å²) < 4.78 is 0. The van der Waals surface area contributed by atoms with Crippen molar-refractivity contribution < 1.29 is 9.59 Å². The molecule has 3 rings (SSSR count). The van der Waals surface area contributed by atoms with Crippen molar-refractivity contribution in [1.29, 1.82) is 0 Å². The summed E-state index contributed by atoms with van der Waals surface area (Å²) in [4.78, 5) is 26.8. The molecule has 0 bridgehead atoms. The molecule has 1 aliphatic carbocycles. The van der Waals surface area contributed by atoms with Gasteiger partial charge in [0.2, 0.25) is 11.8 Å². The van der Waals surface area contributed by atoms with Crippen LogP contribution < -0.4 is 16.0 Å². The van der Waals surface area contributed by atoms with Crippen LogP contribution in [0.3, 0.4) is 0 Å². The lowest BCUT2D eigenvalue weighted by Crippen LogP contribution is -2.41. The predicted molar refractivity (Wildman–Crippen MR) is 107 cm³/mol. The summed E-state index contributed by atoms with van der Waals surface area (Å²) in [5.74, 6) is 0.636. The zero-order chi connectivity index (χ0) is 18.0. The largest absolute Gasteiger partial charge is 0.354 e. The fourth-order valence-corrected chi connectivity index (χ4v) is 3.54. The first-order chi connectivity index (χ1) is 12.0. The number of nitrogens with one attached hydrogen (secondary N) is 1. The monoisotopic (exact) mass is 379 g/mol. The Labute approximate surface area is 162 Å². The van der Waals surface area contributed by atoms with E-state index in [2.05, 4.69) is 25.2 Å². The summed E-state index contributed by atoms with van der Waals surface area (Å²) in [7, 11) is 0. The van der Waals surface area contributed by atoms with E-state index < -0.39 is 0 Å². The molecule has 2 aliphatic rings. The highest BCUT2D eigenvalue weighted by molar-refractivity contribution is 6.00. The summed E-state index contributed by atoms with van der Waals surface area (Å²) in [6, 6.07) is 8.08. The van der Waals surface area contributed by atoms with Crippen molar-refractivity contribution in [3.05, 3.63) is 29.8 Å². The summed E-state index contributed by atoms with van der Waals surface area (Å²) >= 11 is 0. The smallest absolute Gasteiger partial charge is 0.227 e. The molecular weight excluding hydrogens is 350 g/mol. The third-order valence-electron chi connectivity index (χ3n) is 5.61. The van der Waals surface area contributed by atoms with Gasteiger partial charge in [-0.15, -0.1) is 12.4 Å². The van der Waals surface area contributed by atoms with Crippen LogP contribution in [0.25, 0.3) is 0 Å². The third kappa shape index (κ3) is 4.57. The quantitative estimate of drug-likeness (QED) is 0.764. The van der Waals surface area contributed by atoms with Crippen LogP contribution in [0.15, 0.2) is 24.3 Å². The van der Waals surface area contributed by atoms with Crippen LogP contribution in [-0.2, 0) is 9.59 Å². The Morgan fingerprint density at radius 1 is 1.35 bits per heavy atom. The van der Waals surface area contributed by atoms with Crippen LogP contribution in [0.5, 0.6) is 0 Å². The highest BCUT2D eigenvalue weighted by Crippen LogP contribution is 2.34. The first-order valence-electron chi connectivity index (χ1n) is 9.43. The molecular formula is C20H30ClN3O2. The minimum Gasteiger partial charge on any atom is -0.354 e. The lowest BCUT2D eigenvalue weighted by Gasteiger charge is -2.23. The number of carbonyl (C=O) groups is 2. The molecule has 0 spiro atoms. The van der Waals surface area contributed by atoms with Crippen LogP contribution >= 0.6 is 12.4 Å². The van der Waals surface area contributed by atoms with Gasteiger partial charge in [0.1, 0.15) is 0 Å². The van der Waals surface area contributed by atoms with Gasteiger partial charge in [-0.05, 0) is 42.7 Å². The van der Waals surface area contributed by atoms with Gasteiger partial charge >= 0.3 is 0 Å². The molecule has 1 saturated carbocycles. The van der Waals surface area contributed by atoms with Crippen LogP contribution in [0.1, 0.15) is 51.0 Å². The number of carbonyl (C=O) groups excluding carboxylic acids is 2. The first kappa shape index (κ1) is 20.7. The van der Waals surface area contributed by atoms with Crippen LogP contribution in [0.4, 0.5) is 5.69 Å². The van der Waals surface area contributed by atoms with Crippen molar-refractivity contribution >= 4 is 29.9 Å². The lowest BCUT2D eigenvalue weighted by molar-refractivity contribution is -0.126. The summed E-state index contributed by atoms with van der Waals surface area (Å²) in [6.45, 7) is 5.28. The molecule has 0 aromatic heterocycles. The maximum absolute atomic E-state index is 12.5. The average Bonchev–Trinajstić information content (AvgIpc) is 3.41. The molecule has 2 fully saturated rings. The number of halogens is 1. The van der Waals surface area contributed by atoms with E-state index in [0.29, 0.717) is 24.9 Å². The highest BCUT2D eigenvalue weighted by Gasteiger charge is 2.36. The van der Waals surface area contributed by atoms with Gasteiger partial charge in [-0.3, -0.25) is 9.59 Å². The molecule has 26 heavy (non-hydrogen) atoms. The zero-order valence-corrected chi connectivity index (χ0v) is 16.4. The molecule has 3 N–H and O–H groups in total. The van der Waals surface area contributed by atoms with E-state index in [1.165, 1.54) is 18.4 Å². The Balaban J connectivity index is 0.00000243. The Bertz CT molecular complexity index is 648. The van der Waals surface area contributed by atoms with Gasteiger partial charge in [0.05, 0.1) is 5.92 Å². The van der Waals surface area contributed by atoms with Gasteiger partial charge in [0, 0.05) is 31.2 Å². The molecule has 1 aromatic rings. The number of amides is 2. The molecule has 144 valence electrons. The van der Waals surface area contributed by atoms with Gasteiger partial charge in [0.15, 0.2) is 0 Å². The first-order valence-corrected chi connectivity index (χ1v) is 9.43. The van der Waals surface area contributed by atoms with Crippen LogP contribution in [0.2, 0.25) is 0 Å². The SMILES string of the molecule is CCC(C)c1ccccc1N1CC(C(=O)NCC(N)C2CC2)CC1=O.Cl. The number of rotatable bonds is 7. The Hall–Kier alpha value is -1.59. The third-order valence-corrected chi connectivity index (χ3v) is 5.61. The van der Waals surface area contributed by atoms with Crippen LogP contribution in [-0.4, -0.2) is 30.9 Å². The number of para-hydroxylation sites is 1. The molecule has 6 heteroatoms. The van der Waals surface area contributed by atoms with E-state index in [0.717, 1.165) is 12.1 Å². The standard InChI is InChI=1S/C20H29N3O2.ClH/c1-3-13(2)16-6-4-5-7-18(16)23-12-15(10-19(23)24)20(25)22-11-17(21)14-8-9-14;/h4-7,13-15,17H,3,8-12,21H2,1-2H3,(H,22,25);1H. The molecule has 5 nitrogen and oxygen atoms in total. The Morgan fingerprint density at radius 3 is 2.69 bits per heavy atom. The van der Waals surface area contributed by atoms with Crippen molar-refractivity contribution in [1.82, 2.24) is 5.32 Å². The molecule has 1 aliphatic heterocycles. The predicted octanol–water partition coefficient (Wildman–Crippen LogP) is 2.83. The summed E-state index contributed by atoms with van der Waals surface area (Å²) in [5.41, 5.74) is 8.17. The van der Waals surface area contributed by atoms with E-state index in [9.17, 15) is 9.59 Å². The number of hydrogen-bond acceptors (Lipinski definition) is 3. The molecule has 1 aromatic carbocycles.